The largest absolute Gasteiger partial charge is 0.486 e. The third-order valence-corrected chi connectivity index (χ3v) is 3.61. The lowest BCUT2D eigenvalue weighted by molar-refractivity contribution is 0.171. The third-order valence-electron chi connectivity index (χ3n) is 3.05. The number of fused-ring (bicyclic) bond motifs is 1. The van der Waals surface area contributed by atoms with Crippen molar-refractivity contribution in [1.82, 2.24) is 15.0 Å². The van der Waals surface area contributed by atoms with Gasteiger partial charge < -0.3 is 15.2 Å². The van der Waals surface area contributed by atoms with Gasteiger partial charge >= 0.3 is 0 Å². The summed E-state index contributed by atoms with van der Waals surface area (Å²) in [6, 6.07) is 5.38. The molecule has 0 saturated heterocycles. The van der Waals surface area contributed by atoms with Gasteiger partial charge in [-0.3, -0.25) is 0 Å². The molecular formula is C12H13BrN4O2. The van der Waals surface area contributed by atoms with Crippen molar-refractivity contribution in [3.05, 3.63) is 34.1 Å². The van der Waals surface area contributed by atoms with Gasteiger partial charge in [0.05, 0.1) is 11.7 Å². The maximum Gasteiger partial charge on any atom is 0.161 e. The molecule has 6 nitrogen and oxygen atoms in total. The van der Waals surface area contributed by atoms with Gasteiger partial charge in [0.1, 0.15) is 13.2 Å². The van der Waals surface area contributed by atoms with Crippen molar-refractivity contribution >= 4 is 15.9 Å². The predicted octanol–water partition coefficient (Wildman–Crippen LogP) is 1.40. The summed E-state index contributed by atoms with van der Waals surface area (Å²) in [6.45, 7) is 1.14. The van der Waals surface area contributed by atoms with E-state index in [0.29, 0.717) is 17.8 Å². The summed E-state index contributed by atoms with van der Waals surface area (Å²) in [7, 11) is 1.81. The van der Waals surface area contributed by atoms with E-state index in [9.17, 15) is 0 Å². The first-order valence-electron chi connectivity index (χ1n) is 5.87. The molecule has 7 heteroatoms. The molecular weight excluding hydrogens is 312 g/mol. The first-order valence-corrected chi connectivity index (χ1v) is 6.66. The molecule has 1 aromatic carbocycles. The molecule has 1 atom stereocenters. The zero-order chi connectivity index (χ0) is 13.4. The number of hydrogen-bond acceptors (Lipinski definition) is 5. The second-order valence-electron chi connectivity index (χ2n) is 4.27. The van der Waals surface area contributed by atoms with Gasteiger partial charge in [0, 0.05) is 7.05 Å². The summed E-state index contributed by atoms with van der Waals surface area (Å²) in [4.78, 5) is 0. The number of halogens is 1. The normalized spacial score (nSPS) is 15.3. The number of nitrogens with zero attached hydrogens (tertiary/aromatic N) is 3. The minimum atomic E-state index is -0.329. The minimum absolute atomic E-state index is 0.329. The Hall–Kier alpha value is -1.60. The van der Waals surface area contributed by atoms with Crippen LogP contribution in [0.3, 0.4) is 0 Å². The fraction of sp³-hybridized carbons (Fsp3) is 0.333. The number of hydrogen-bond donors (Lipinski definition) is 1. The van der Waals surface area contributed by atoms with Crippen molar-refractivity contribution < 1.29 is 9.47 Å². The smallest absolute Gasteiger partial charge is 0.161 e. The highest BCUT2D eigenvalue weighted by Crippen LogP contribution is 2.34. The van der Waals surface area contributed by atoms with E-state index in [2.05, 4.69) is 26.2 Å². The lowest BCUT2D eigenvalue weighted by atomic mass is 10.0. The van der Waals surface area contributed by atoms with E-state index in [1.807, 2.05) is 25.2 Å². The molecule has 0 aliphatic carbocycles. The summed E-state index contributed by atoms with van der Waals surface area (Å²) in [5.74, 6) is 1.48. The van der Waals surface area contributed by atoms with Crippen molar-refractivity contribution in [2.75, 3.05) is 13.2 Å². The summed E-state index contributed by atoms with van der Waals surface area (Å²) >= 11 is 3.36. The van der Waals surface area contributed by atoms with Crippen LogP contribution in [0.15, 0.2) is 22.8 Å². The van der Waals surface area contributed by atoms with E-state index in [1.165, 1.54) is 0 Å². The average molecular weight is 325 g/mol. The van der Waals surface area contributed by atoms with E-state index in [4.69, 9.17) is 15.2 Å². The van der Waals surface area contributed by atoms with Gasteiger partial charge in [-0.2, -0.15) is 0 Å². The molecule has 3 rings (SSSR count). The summed E-state index contributed by atoms with van der Waals surface area (Å²) < 4.78 is 13.4. The van der Waals surface area contributed by atoms with Crippen LogP contribution in [-0.2, 0) is 7.05 Å². The molecule has 1 aromatic heterocycles. The lowest BCUT2D eigenvalue weighted by Gasteiger charge is -2.20. The number of rotatable bonds is 2. The van der Waals surface area contributed by atoms with Crippen LogP contribution in [0.5, 0.6) is 11.5 Å². The van der Waals surface area contributed by atoms with Crippen molar-refractivity contribution in [1.29, 1.82) is 0 Å². The highest BCUT2D eigenvalue weighted by atomic mass is 79.9. The van der Waals surface area contributed by atoms with Gasteiger partial charge in [-0.05, 0) is 33.6 Å². The second-order valence-corrected chi connectivity index (χ2v) is 5.02. The van der Waals surface area contributed by atoms with Crippen molar-refractivity contribution in [3.63, 3.8) is 0 Å². The molecule has 100 valence electrons. The summed E-state index contributed by atoms with van der Waals surface area (Å²) in [5, 5.41) is 7.88. The Morgan fingerprint density at radius 1 is 1.32 bits per heavy atom. The Morgan fingerprint density at radius 3 is 2.74 bits per heavy atom. The maximum atomic E-state index is 6.27. The van der Waals surface area contributed by atoms with Crippen molar-refractivity contribution in [3.8, 4) is 11.5 Å². The van der Waals surface area contributed by atoms with Crippen LogP contribution in [0.25, 0.3) is 0 Å². The van der Waals surface area contributed by atoms with Crippen LogP contribution in [0.2, 0.25) is 0 Å². The zero-order valence-electron chi connectivity index (χ0n) is 10.3. The highest BCUT2D eigenvalue weighted by molar-refractivity contribution is 9.10. The third kappa shape index (κ3) is 2.19. The topological polar surface area (TPSA) is 75.2 Å². The van der Waals surface area contributed by atoms with E-state index < -0.39 is 0 Å². The monoisotopic (exact) mass is 324 g/mol. The van der Waals surface area contributed by atoms with Gasteiger partial charge in [0.2, 0.25) is 0 Å². The lowest BCUT2D eigenvalue weighted by Crippen LogP contribution is -2.19. The molecule has 2 aromatic rings. The van der Waals surface area contributed by atoms with Crippen LogP contribution >= 0.6 is 15.9 Å². The first kappa shape index (κ1) is 12.4. The molecule has 0 amide bonds. The summed E-state index contributed by atoms with van der Waals surface area (Å²) in [6.07, 6.45) is 0. The van der Waals surface area contributed by atoms with Crippen molar-refractivity contribution in [2.45, 2.75) is 6.04 Å². The molecule has 1 unspecified atom stereocenters. The number of benzene rings is 1. The number of aromatic nitrogens is 3. The molecule has 2 heterocycles. The minimum Gasteiger partial charge on any atom is -0.486 e. The van der Waals surface area contributed by atoms with Gasteiger partial charge in [-0.25, -0.2) is 4.68 Å². The molecule has 0 bridgehead atoms. The van der Waals surface area contributed by atoms with E-state index in [1.54, 1.807) is 4.68 Å². The summed E-state index contributed by atoms with van der Waals surface area (Å²) in [5.41, 5.74) is 8.01. The molecule has 0 spiro atoms. The maximum absolute atomic E-state index is 6.27. The Labute approximate surface area is 118 Å². The van der Waals surface area contributed by atoms with Gasteiger partial charge in [0.15, 0.2) is 16.1 Å². The van der Waals surface area contributed by atoms with Crippen LogP contribution < -0.4 is 15.2 Å². The Kier molecular flexibility index (Phi) is 3.16. The zero-order valence-corrected chi connectivity index (χ0v) is 11.9. The van der Waals surface area contributed by atoms with Crippen LogP contribution in [0, 0.1) is 0 Å². The number of aryl methyl sites for hydroxylation is 1. The molecule has 1 aliphatic heterocycles. The van der Waals surface area contributed by atoms with Crippen LogP contribution in [0.4, 0.5) is 0 Å². The van der Waals surface area contributed by atoms with E-state index in [-0.39, 0.29) is 6.04 Å². The van der Waals surface area contributed by atoms with Crippen molar-refractivity contribution in [2.24, 2.45) is 12.8 Å². The fourth-order valence-electron chi connectivity index (χ4n) is 2.08. The molecule has 0 fully saturated rings. The highest BCUT2D eigenvalue weighted by Gasteiger charge is 2.20. The quantitative estimate of drug-likeness (QED) is 0.903. The molecule has 1 aliphatic rings. The van der Waals surface area contributed by atoms with Gasteiger partial charge in [-0.15, -0.1) is 5.10 Å². The van der Waals surface area contributed by atoms with Crippen LogP contribution in [-0.4, -0.2) is 28.2 Å². The van der Waals surface area contributed by atoms with Gasteiger partial charge in [-0.1, -0.05) is 11.3 Å². The molecule has 0 radical (unpaired) electrons. The molecule has 0 saturated carbocycles. The fourth-order valence-corrected chi connectivity index (χ4v) is 2.65. The SMILES string of the molecule is Cn1nnc(Br)c1C(N)c1ccc2c(c1)OCCO2. The Bertz CT molecular complexity index is 594. The van der Waals surface area contributed by atoms with Gasteiger partial charge in [0.25, 0.3) is 0 Å². The Morgan fingerprint density at radius 2 is 2.05 bits per heavy atom. The van der Waals surface area contributed by atoms with E-state index in [0.717, 1.165) is 22.8 Å². The Balaban J connectivity index is 1.98. The van der Waals surface area contributed by atoms with E-state index >= 15 is 0 Å². The number of ether oxygens (including phenoxy) is 2. The van der Waals surface area contributed by atoms with Crippen LogP contribution in [0.1, 0.15) is 17.3 Å². The number of nitrogens with two attached hydrogens (primary N) is 1. The molecule has 2 N–H and O–H groups in total. The standard InChI is InChI=1S/C12H13BrN4O2/c1-17-11(12(13)15-16-17)10(14)7-2-3-8-9(6-7)19-5-4-18-8/h2-3,6,10H,4-5,14H2,1H3. The second kappa shape index (κ2) is 4.82. The predicted molar refractivity (Wildman–Crippen MR) is 72.2 cm³/mol. The average Bonchev–Trinajstić information content (AvgIpc) is 2.77. The molecule has 19 heavy (non-hydrogen) atoms. The first-order chi connectivity index (χ1) is 9.16.